The van der Waals surface area contributed by atoms with E-state index in [4.69, 9.17) is 0 Å². The van der Waals surface area contributed by atoms with E-state index >= 15 is 0 Å². The standard InChI is InChI=1S/C21H24N4O/c1-15-6-5-7-17(14-15)19(20-22-12-13-25(20)4)23-21(26)16-8-10-18(11-9-16)24(2)3/h5-14,19H,1-4H3,(H,23,26). The largest absolute Gasteiger partial charge is 0.378 e. The molecule has 5 nitrogen and oxygen atoms in total. The third kappa shape index (κ3) is 3.77. The van der Waals surface area contributed by atoms with Gasteiger partial charge >= 0.3 is 0 Å². The normalized spacial score (nSPS) is 11.8. The van der Waals surface area contributed by atoms with Gasteiger partial charge in [0.05, 0.1) is 0 Å². The lowest BCUT2D eigenvalue weighted by Crippen LogP contribution is -2.31. The number of anilines is 1. The van der Waals surface area contributed by atoms with Gasteiger partial charge in [0.15, 0.2) is 0 Å². The lowest BCUT2D eigenvalue weighted by Gasteiger charge is -2.20. The van der Waals surface area contributed by atoms with E-state index < -0.39 is 0 Å². The molecular weight excluding hydrogens is 324 g/mol. The third-order valence-electron chi connectivity index (χ3n) is 4.41. The Labute approximate surface area is 154 Å². The van der Waals surface area contributed by atoms with Crippen molar-refractivity contribution in [2.45, 2.75) is 13.0 Å². The van der Waals surface area contributed by atoms with Crippen LogP contribution in [0.15, 0.2) is 60.9 Å². The van der Waals surface area contributed by atoms with E-state index in [9.17, 15) is 4.79 Å². The van der Waals surface area contributed by atoms with E-state index in [2.05, 4.69) is 16.4 Å². The molecule has 0 aliphatic heterocycles. The van der Waals surface area contributed by atoms with Crippen molar-refractivity contribution < 1.29 is 4.79 Å². The number of hydrogen-bond acceptors (Lipinski definition) is 3. The first-order valence-electron chi connectivity index (χ1n) is 8.58. The maximum absolute atomic E-state index is 12.8. The van der Waals surface area contributed by atoms with E-state index in [1.165, 1.54) is 0 Å². The van der Waals surface area contributed by atoms with E-state index in [1.807, 2.05) is 86.2 Å². The number of nitrogens with one attached hydrogen (secondary N) is 1. The summed E-state index contributed by atoms with van der Waals surface area (Å²) < 4.78 is 1.93. The van der Waals surface area contributed by atoms with Gasteiger partial charge in [-0.2, -0.15) is 0 Å². The van der Waals surface area contributed by atoms with Crippen LogP contribution in [0, 0.1) is 6.92 Å². The fraction of sp³-hybridized carbons (Fsp3) is 0.238. The summed E-state index contributed by atoms with van der Waals surface area (Å²) in [6, 6.07) is 15.4. The number of rotatable bonds is 5. The zero-order valence-electron chi connectivity index (χ0n) is 15.6. The molecule has 3 rings (SSSR count). The van der Waals surface area contributed by atoms with Crippen molar-refractivity contribution in [1.29, 1.82) is 0 Å². The Morgan fingerprint density at radius 3 is 2.46 bits per heavy atom. The SMILES string of the molecule is Cc1cccc(C(NC(=O)c2ccc(N(C)C)cc2)c2nccn2C)c1. The first-order chi connectivity index (χ1) is 12.5. The lowest BCUT2D eigenvalue weighted by molar-refractivity contribution is 0.0941. The number of nitrogens with zero attached hydrogens (tertiary/aromatic N) is 3. The molecule has 3 aromatic rings. The second-order valence-corrected chi connectivity index (χ2v) is 6.66. The van der Waals surface area contributed by atoms with Crippen molar-refractivity contribution in [3.8, 4) is 0 Å². The second kappa shape index (κ2) is 7.44. The van der Waals surface area contributed by atoms with Crippen molar-refractivity contribution in [3.05, 3.63) is 83.4 Å². The van der Waals surface area contributed by atoms with Crippen molar-refractivity contribution in [2.75, 3.05) is 19.0 Å². The molecule has 0 radical (unpaired) electrons. The fourth-order valence-electron chi connectivity index (χ4n) is 2.93. The predicted octanol–water partition coefficient (Wildman–Crippen LogP) is 3.31. The molecule has 0 fully saturated rings. The van der Waals surface area contributed by atoms with Gasteiger partial charge in [-0.25, -0.2) is 4.98 Å². The molecule has 5 heteroatoms. The predicted molar refractivity (Wildman–Crippen MR) is 104 cm³/mol. The number of aromatic nitrogens is 2. The molecule has 1 aromatic heterocycles. The summed E-state index contributed by atoms with van der Waals surface area (Å²) in [5.74, 6) is 0.679. The minimum atomic E-state index is -0.309. The molecule has 1 amide bonds. The van der Waals surface area contributed by atoms with Gasteiger partial charge < -0.3 is 14.8 Å². The first-order valence-corrected chi connectivity index (χ1v) is 8.58. The number of carbonyl (C=O) groups excluding carboxylic acids is 1. The van der Waals surface area contributed by atoms with Crippen LogP contribution in [0.2, 0.25) is 0 Å². The van der Waals surface area contributed by atoms with Gasteiger partial charge in [0.2, 0.25) is 0 Å². The average molecular weight is 348 g/mol. The molecule has 1 unspecified atom stereocenters. The fourth-order valence-corrected chi connectivity index (χ4v) is 2.93. The van der Waals surface area contributed by atoms with Crippen LogP contribution in [0.1, 0.15) is 33.4 Å². The highest BCUT2D eigenvalue weighted by Gasteiger charge is 2.21. The Bertz CT molecular complexity index is 896. The van der Waals surface area contributed by atoms with Crippen molar-refractivity contribution in [3.63, 3.8) is 0 Å². The Kier molecular flexibility index (Phi) is 5.07. The molecule has 0 aliphatic carbocycles. The van der Waals surface area contributed by atoms with E-state index in [0.29, 0.717) is 5.56 Å². The molecule has 1 heterocycles. The van der Waals surface area contributed by atoms with E-state index in [0.717, 1.165) is 22.6 Å². The quantitative estimate of drug-likeness (QED) is 0.769. The van der Waals surface area contributed by atoms with Crippen LogP contribution in [-0.2, 0) is 7.05 Å². The Balaban J connectivity index is 1.90. The van der Waals surface area contributed by atoms with Gasteiger partial charge in [-0.05, 0) is 36.8 Å². The van der Waals surface area contributed by atoms with Gasteiger partial charge in [-0.15, -0.1) is 0 Å². The molecule has 1 N–H and O–H groups in total. The zero-order chi connectivity index (χ0) is 18.7. The number of amides is 1. The highest BCUT2D eigenvalue weighted by Crippen LogP contribution is 2.22. The summed E-state index contributed by atoms with van der Waals surface area (Å²) in [5, 5.41) is 3.13. The van der Waals surface area contributed by atoms with Gasteiger partial charge in [0.1, 0.15) is 11.9 Å². The summed E-state index contributed by atoms with van der Waals surface area (Å²) in [4.78, 5) is 19.3. The van der Waals surface area contributed by atoms with Crippen molar-refractivity contribution >= 4 is 11.6 Å². The minimum Gasteiger partial charge on any atom is -0.378 e. The van der Waals surface area contributed by atoms with Gasteiger partial charge in [0.25, 0.3) is 5.91 Å². The summed E-state index contributed by atoms with van der Waals surface area (Å²) in [6.07, 6.45) is 3.63. The highest BCUT2D eigenvalue weighted by atomic mass is 16.1. The summed E-state index contributed by atoms with van der Waals surface area (Å²) in [5.41, 5.74) is 3.84. The third-order valence-corrected chi connectivity index (χ3v) is 4.41. The molecule has 2 aromatic carbocycles. The highest BCUT2D eigenvalue weighted by molar-refractivity contribution is 5.95. The molecule has 0 spiro atoms. The number of imidazole rings is 1. The van der Waals surface area contributed by atoms with Crippen LogP contribution in [-0.4, -0.2) is 29.6 Å². The van der Waals surface area contributed by atoms with Gasteiger partial charge in [0, 0.05) is 44.8 Å². The zero-order valence-corrected chi connectivity index (χ0v) is 15.6. The molecular formula is C21H24N4O. The molecule has 1 atom stereocenters. The molecule has 0 saturated carbocycles. The Morgan fingerprint density at radius 2 is 1.88 bits per heavy atom. The van der Waals surface area contributed by atoms with Gasteiger partial charge in [-0.1, -0.05) is 29.8 Å². The van der Waals surface area contributed by atoms with Crippen molar-refractivity contribution in [2.24, 2.45) is 7.05 Å². The van der Waals surface area contributed by atoms with E-state index in [-0.39, 0.29) is 11.9 Å². The number of hydrogen-bond donors (Lipinski definition) is 1. The van der Waals surface area contributed by atoms with Crippen LogP contribution < -0.4 is 10.2 Å². The molecule has 0 saturated heterocycles. The molecule has 26 heavy (non-hydrogen) atoms. The minimum absolute atomic E-state index is 0.121. The molecule has 0 bridgehead atoms. The number of benzene rings is 2. The first kappa shape index (κ1) is 17.7. The van der Waals surface area contributed by atoms with Gasteiger partial charge in [-0.3, -0.25) is 4.79 Å². The van der Waals surface area contributed by atoms with Crippen LogP contribution in [0.4, 0.5) is 5.69 Å². The average Bonchev–Trinajstić information content (AvgIpc) is 3.05. The molecule has 0 aliphatic rings. The Hall–Kier alpha value is -3.08. The van der Waals surface area contributed by atoms with E-state index in [1.54, 1.807) is 6.20 Å². The number of aryl methyl sites for hydroxylation is 2. The number of carbonyl (C=O) groups is 1. The van der Waals surface area contributed by atoms with Crippen LogP contribution in [0.25, 0.3) is 0 Å². The van der Waals surface area contributed by atoms with Crippen LogP contribution >= 0.6 is 0 Å². The summed E-state index contributed by atoms with van der Waals surface area (Å²) in [6.45, 7) is 2.04. The second-order valence-electron chi connectivity index (χ2n) is 6.66. The van der Waals surface area contributed by atoms with Crippen LogP contribution in [0.5, 0.6) is 0 Å². The topological polar surface area (TPSA) is 50.2 Å². The maximum Gasteiger partial charge on any atom is 0.252 e. The van der Waals surface area contributed by atoms with Crippen LogP contribution in [0.3, 0.4) is 0 Å². The van der Waals surface area contributed by atoms with Crippen molar-refractivity contribution in [1.82, 2.24) is 14.9 Å². The lowest BCUT2D eigenvalue weighted by atomic mass is 10.0. The summed E-state index contributed by atoms with van der Waals surface area (Å²) >= 11 is 0. The Morgan fingerprint density at radius 1 is 1.15 bits per heavy atom. The molecule has 134 valence electrons. The monoisotopic (exact) mass is 348 g/mol. The smallest absolute Gasteiger partial charge is 0.252 e. The summed E-state index contributed by atoms with van der Waals surface area (Å²) in [7, 11) is 5.89. The maximum atomic E-state index is 12.8.